The molecule has 3 aromatic rings. The summed E-state index contributed by atoms with van der Waals surface area (Å²) in [7, 11) is -4.00. The molecule has 0 unspecified atom stereocenters. The minimum absolute atomic E-state index is 0.0115. The van der Waals surface area contributed by atoms with Crippen molar-refractivity contribution >= 4 is 44.1 Å². The second-order valence-electron chi connectivity index (χ2n) is 6.49. The van der Waals surface area contributed by atoms with Gasteiger partial charge >= 0.3 is 5.97 Å². The predicted octanol–water partition coefficient (Wildman–Crippen LogP) is 3.44. The number of fused-ring (bicyclic) bond motifs is 2. The molecule has 0 bridgehead atoms. The van der Waals surface area contributed by atoms with Gasteiger partial charge in [-0.3, -0.25) is 9.10 Å². The molecule has 0 radical (unpaired) electrons. The summed E-state index contributed by atoms with van der Waals surface area (Å²) in [5.41, 5.74) is 1.70. The van der Waals surface area contributed by atoms with Crippen LogP contribution in [0.1, 0.15) is 18.1 Å². The summed E-state index contributed by atoms with van der Waals surface area (Å²) in [5, 5.41) is 10.00. The van der Waals surface area contributed by atoms with Crippen molar-refractivity contribution in [1.29, 1.82) is 5.26 Å². The summed E-state index contributed by atoms with van der Waals surface area (Å²) in [6, 6.07) is 11.4. The van der Waals surface area contributed by atoms with E-state index < -0.39 is 16.0 Å². The Balaban J connectivity index is 1.92. The van der Waals surface area contributed by atoms with Crippen molar-refractivity contribution in [2.24, 2.45) is 0 Å². The lowest BCUT2D eigenvalue weighted by molar-refractivity contribution is -0.132. The summed E-state index contributed by atoms with van der Waals surface area (Å²) in [6.45, 7) is 1.49. The maximum atomic E-state index is 13.6. The van der Waals surface area contributed by atoms with Crippen molar-refractivity contribution in [1.82, 2.24) is 4.98 Å². The van der Waals surface area contributed by atoms with Gasteiger partial charge in [0.25, 0.3) is 10.0 Å². The number of esters is 1. The van der Waals surface area contributed by atoms with Gasteiger partial charge in [-0.15, -0.1) is 0 Å². The fourth-order valence-electron chi connectivity index (χ4n) is 3.41. The Hall–Kier alpha value is -3.15. The van der Waals surface area contributed by atoms with E-state index in [9.17, 15) is 18.5 Å². The first-order valence-electron chi connectivity index (χ1n) is 8.63. The van der Waals surface area contributed by atoms with Gasteiger partial charge in [0.2, 0.25) is 5.88 Å². The number of benzene rings is 2. The molecule has 0 atom stereocenters. The van der Waals surface area contributed by atoms with Crippen LogP contribution in [-0.2, 0) is 21.2 Å². The number of carbonyl (C=O) groups excluding carboxylic acids is 1. The van der Waals surface area contributed by atoms with Gasteiger partial charge in [-0.25, -0.2) is 13.4 Å². The van der Waals surface area contributed by atoms with Crippen molar-refractivity contribution in [3.8, 4) is 11.9 Å². The summed E-state index contributed by atoms with van der Waals surface area (Å²) >= 11 is 6.20. The number of hydrogen-bond acceptors (Lipinski definition) is 6. The minimum atomic E-state index is -4.00. The van der Waals surface area contributed by atoms with Gasteiger partial charge < -0.3 is 4.74 Å². The van der Waals surface area contributed by atoms with Crippen LogP contribution in [-0.4, -0.2) is 25.9 Å². The summed E-state index contributed by atoms with van der Waals surface area (Å²) in [4.78, 5) is 15.4. The van der Waals surface area contributed by atoms with Gasteiger partial charge in [0, 0.05) is 35.5 Å². The van der Waals surface area contributed by atoms with Gasteiger partial charge in [-0.2, -0.15) is 5.26 Å². The van der Waals surface area contributed by atoms with E-state index in [1.165, 1.54) is 35.6 Å². The number of pyridine rings is 1. The molecule has 0 saturated carbocycles. The lowest BCUT2D eigenvalue weighted by Crippen LogP contribution is -2.29. The Bertz CT molecular complexity index is 1320. The lowest BCUT2D eigenvalue weighted by Gasteiger charge is -2.21. The number of sulfonamides is 1. The molecule has 0 aliphatic carbocycles. The van der Waals surface area contributed by atoms with Crippen molar-refractivity contribution in [2.75, 3.05) is 10.8 Å². The molecule has 9 heteroatoms. The summed E-state index contributed by atoms with van der Waals surface area (Å²) in [5.74, 6) is -0.588. The number of aromatic nitrogens is 1. The Morgan fingerprint density at radius 3 is 2.76 bits per heavy atom. The average molecular weight is 428 g/mol. The van der Waals surface area contributed by atoms with Crippen LogP contribution in [0.25, 0.3) is 10.8 Å². The van der Waals surface area contributed by atoms with Crippen LogP contribution in [0, 0.1) is 11.3 Å². The Kier molecular flexibility index (Phi) is 4.65. The zero-order valence-electron chi connectivity index (χ0n) is 15.2. The summed E-state index contributed by atoms with van der Waals surface area (Å²) in [6.07, 6.45) is 1.91. The molecule has 0 amide bonds. The topological polar surface area (TPSA) is 100 Å². The number of carbonyl (C=O) groups is 1. The number of nitriles is 1. The number of ether oxygens (including phenoxy) is 1. The maximum Gasteiger partial charge on any atom is 0.309 e. The van der Waals surface area contributed by atoms with Gasteiger partial charge in [-0.05, 0) is 42.3 Å². The molecule has 4 rings (SSSR count). The van der Waals surface area contributed by atoms with Gasteiger partial charge in [0.1, 0.15) is 0 Å². The van der Waals surface area contributed by atoms with Gasteiger partial charge in [-0.1, -0.05) is 17.7 Å². The van der Waals surface area contributed by atoms with Crippen molar-refractivity contribution in [3.63, 3.8) is 0 Å². The monoisotopic (exact) mass is 427 g/mol. The van der Waals surface area contributed by atoms with Crippen LogP contribution in [0.4, 0.5) is 5.69 Å². The zero-order valence-corrected chi connectivity index (χ0v) is 16.8. The molecule has 2 aromatic carbocycles. The number of nitrogens with zero attached hydrogens (tertiary/aromatic N) is 3. The third-order valence-corrected chi connectivity index (χ3v) is 6.72. The van der Waals surface area contributed by atoms with E-state index in [0.717, 1.165) is 5.56 Å². The van der Waals surface area contributed by atoms with E-state index in [2.05, 4.69) is 4.98 Å². The molecule has 2 heterocycles. The summed E-state index contributed by atoms with van der Waals surface area (Å²) < 4.78 is 33.5. The number of rotatable bonds is 3. The highest BCUT2D eigenvalue weighted by atomic mass is 35.5. The predicted molar refractivity (Wildman–Crippen MR) is 107 cm³/mol. The smallest absolute Gasteiger partial charge is 0.309 e. The third-order valence-electron chi connectivity index (χ3n) is 4.65. The third kappa shape index (κ3) is 3.28. The van der Waals surface area contributed by atoms with E-state index in [4.69, 9.17) is 16.3 Å². The van der Waals surface area contributed by atoms with Crippen molar-refractivity contribution < 1.29 is 17.9 Å². The van der Waals surface area contributed by atoms with E-state index in [1.54, 1.807) is 18.2 Å². The Morgan fingerprint density at radius 1 is 1.24 bits per heavy atom. The molecule has 1 aromatic heterocycles. The molecule has 0 N–H and O–H groups in total. The lowest BCUT2D eigenvalue weighted by atomic mass is 10.1. The molecule has 0 fully saturated rings. The molecule has 0 spiro atoms. The molecule has 0 saturated heterocycles. The van der Waals surface area contributed by atoms with Crippen LogP contribution < -0.4 is 9.04 Å². The number of hydrogen-bond donors (Lipinski definition) is 0. The molecule has 1 aliphatic rings. The standard InChI is InChI=1S/C20H14ClN3O4S/c1-12(25)28-20-17-9-15(21)10-19(16(17)4-6-23-20)29(26,27)24-7-5-14-3-2-13(11-22)8-18(14)24/h2-4,6,8-10H,5,7H2,1H3. The number of halogens is 1. The fraction of sp³-hybridized carbons (Fsp3) is 0.150. The second kappa shape index (κ2) is 7.03. The minimum Gasteiger partial charge on any atom is -0.407 e. The molecule has 29 heavy (non-hydrogen) atoms. The quantitative estimate of drug-likeness (QED) is 0.593. The largest absolute Gasteiger partial charge is 0.407 e. The maximum absolute atomic E-state index is 13.6. The van der Waals surface area contributed by atoms with E-state index in [1.807, 2.05) is 6.07 Å². The van der Waals surface area contributed by atoms with Crippen LogP contribution >= 0.6 is 11.6 Å². The van der Waals surface area contributed by atoms with Gasteiger partial charge in [0.15, 0.2) is 0 Å². The van der Waals surface area contributed by atoms with Crippen LogP contribution in [0.3, 0.4) is 0 Å². The first-order valence-corrected chi connectivity index (χ1v) is 10.5. The molecular formula is C20H14ClN3O4S. The van der Waals surface area contributed by atoms with Crippen LogP contribution in [0.2, 0.25) is 5.02 Å². The first kappa shape index (κ1) is 19.2. The van der Waals surface area contributed by atoms with E-state index in [-0.39, 0.29) is 22.3 Å². The van der Waals surface area contributed by atoms with Crippen molar-refractivity contribution in [3.05, 3.63) is 58.7 Å². The average Bonchev–Trinajstić information content (AvgIpc) is 3.11. The normalized spacial score (nSPS) is 13.2. The SMILES string of the molecule is CC(=O)Oc1nccc2c(S(=O)(=O)N3CCc4ccc(C#N)cc43)cc(Cl)cc12. The highest BCUT2D eigenvalue weighted by Crippen LogP contribution is 2.38. The van der Waals surface area contributed by atoms with Crippen LogP contribution in [0.15, 0.2) is 47.5 Å². The Morgan fingerprint density at radius 2 is 2.03 bits per heavy atom. The highest BCUT2D eigenvalue weighted by molar-refractivity contribution is 7.93. The number of anilines is 1. The van der Waals surface area contributed by atoms with E-state index >= 15 is 0 Å². The fourth-order valence-corrected chi connectivity index (χ4v) is 5.42. The molecule has 1 aliphatic heterocycles. The van der Waals surface area contributed by atoms with Crippen molar-refractivity contribution in [2.45, 2.75) is 18.2 Å². The zero-order chi connectivity index (χ0) is 20.8. The highest BCUT2D eigenvalue weighted by Gasteiger charge is 2.33. The van der Waals surface area contributed by atoms with Gasteiger partial charge in [0.05, 0.1) is 22.2 Å². The first-order chi connectivity index (χ1) is 13.8. The molecule has 7 nitrogen and oxygen atoms in total. The molecule has 146 valence electrons. The van der Waals surface area contributed by atoms with Crippen LogP contribution in [0.5, 0.6) is 5.88 Å². The Labute approximate surface area is 172 Å². The second-order valence-corrected chi connectivity index (χ2v) is 8.76. The molecular weight excluding hydrogens is 414 g/mol. The van der Waals surface area contributed by atoms with E-state index in [0.29, 0.717) is 28.4 Å².